The number of aliphatic hydroxyl groups is 1. The molecule has 0 spiro atoms. The van der Waals surface area contributed by atoms with E-state index in [2.05, 4.69) is 34.6 Å². The number of rotatable bonds is 75. The van der Waals surface area contributed by atoms with Crippen LogP contribution in [-0.4, -0.2) is 96.7 Å². The molecule has 558 valence electrons. The topological polar surface area (TPSA) is 237 Å². The molecule has 0 aliphatic heterocycles. The molecule has 0 heterocycles. The Morgan fingerprint density at radius 3 is 0.723 bits per heavy atom. The van der Waals surface area contributed by atoms with E-state index in [-0.39, 0.29) is 25.7 Å². The summed E-state index contributed by atoms with van der Waals surface area (Å²) in [6, 6.07) is 0. The van der Waals surface area contributed by atoms with Gasteiger partial charge in [0.2, 0.25) is 0 Å². The van der Waals surface area contributed by atoms with Crippen LogP contribution < -0.4 is 0 Å². The monoisotopic (exact) mass is 1380 g/mol. The lowest BCUT2D eigenvalue weighted by molar-refractivity contribution is -0.161. The maximum atomic E-state index is 13.1. The summed E-state index contributed by atoms with van der Waals surface area (Å²) < 4.78 is 68.5. The third-order valence-electron chi connectivity index (χ3n) is 17.5. The van der Waals surface area contributed by atoms with Crippen molar-refractivity contribution < 1.29 is 80.2 Å². The fraction of sp³-hybridized carbons (Fsp3) is 0.947. The van der Waals surface area contributed by atoms with Gasteiger partial charge in [-0.2, -0.15) is 0 Å². The summed E-state index contributed by atoms with van der Waals surface area (Å²) in [5.41, 5.74) is 0. The van der Waals surface area contributed by atoms with Crippen LogP contribution in [-0.2, 0) is 65.4 Å². The van der Waals surface area contributed by atoms with E-state index >= 15 is 0 Å². The molecule has 94 heavy (non-hydrogen) atoms. The van der Waals surface area contributed by atoms with Crippen molar-refractivity contribution in [2.45, 2.75) is 412 Å². The van der Waals surface area contributed by atoms with Crippen LogP contribution in [0.25, 0.3) is 0 Å². The van der Waals surface area contributed by atoms with Crippen molar-refractivity contribution in [3.05, 3.63) is 0 Å². The molecule has 0 rings (SSSR count). The fourth-order valence-electron chi connectivity index (χ4n) is 11.5. The highest BCUT2D eigenvalue weighted by molar-refractivity contribution is 7.47. The number of carbonyl (C=O) groups is 4. The SMILES string of the molecule is CCCCCCCCCCCCCCCCCCCCC(=O)O[C@H](COC(=O)CCCCCCCCCCCCCCC)COP(=O)(O)OC[C@@H](O)COP(=O)(O)OC[C@@H](COC(=O)CCCCCCCCCCC(C)C)OC(=O)CCCCCCCCCCCCCC. The summed E-state index contributed by atoms with van der Waals surface area (Å²) in [5.74, 6) is -1.39. The molecule has 0 fully saturated rings. The number of aliphatic hydroxyl groups excluding tert-OH is 1. The summed E-state index contributed by atoms with van der Waals surface area (Å²) in [5, 5.41) is 10.6. The highest BCUT2D eigenvalue weighted by Gasteiger charge is 2.30. The maximum Gasteiger partial charge on any atom is 0.472 e. The van der Waals surface area contributed by atoms with Crippen molar-refractivity contribution in [3.63, 3.8) is 0 Å². The van der Waals surface area contributed by atoms with E-state index in [4.69, 9.17) is 37.0 Å². The Morgan fingerprint density at radius 1 is 0.287 bits per heavy atom. The van der Waals surface area contributed by atoms with Gasteiger partial charge in [0.15, 0.2) is 12.2 Å². The normalized spacial score (nSPS) is 14.0. The summed E-state index contributed by atoms with van der Waals surface area (Å²) >= 11 is 0. The van der Waals surface area contributed by atoms with Gasteiger partial charge >= 0.3 is 39.5 Å². The first kappa shape index (κ1) is 92.1. The highest BCUT2D eigenvalue weighted by Crippen LogP contribution is 2.45. The van der Waals surface area contributed by atoms with Gasteiger partial charge in [0.05, 0.1) is 26.4 Å². The van der Waals surface area contributed by atoms with Crippen LogP contribution in [0, 0.1) is 5.92 Å². The minimum Gasteiger partial charge on any atom is -0.462 e. The third kappa shape index (κ3) is 68.6. The van der Waals surface area contributed by atoms with Crippen LogP contribution in [0.5, 0.6) is 0 Å². The molecule has 0 radical (unpaired) electrons. The zero-order valence-electron chi connectivity index (χ0n) is 61.1. The molecule has 2 unspecified atom stereocenters. The molecule has 19 heteroatoms. The molecule has 0 aromatic rings. The second-order valence-electron chi connectivity index (χ2n) is 27.5. The first-order chi connectivity index (χ1) is 45.5. The second-order valence-corrected chi connectivity index (χ2v) is 30.4. The van der Waals surface area contributed by atoms with Crippen LogP contribution >= 0.6 is 15.6 Å². The lowest BCUT2D eigenvalue weighted by atomic mass is 10.0. The van der Waals surface area contributed by atoms with Gasteiger partial charge in [-0.3, -0.25) is 37.3 Å². The first-order valence-electron chi connectivity index (χ1n) is 39.1. The van der Waals surface area contributed by atoms with Gasteiger partial charge in [-0.05, 0) is 31.6 Å². The van der Waals surface area contributed by atoms with Gasteiger partial charge in [0.25, 0.3) is 0 Å². The van der Waals surface area contributed by atoms with Crippen LogP contribution in [0.1, 0.15) is 394 Å². The van der Waals surface area contributed by atoms with Crippen molar-refractivity contribution >= 4 is 39.5 Å². The number of esters is 4. The average Bonchev–Trinajstić information content (AvgIpc) is 1.25. The Kier molecular flexibility index (Phi) is 66.8. The van der Waals surface area contributed by atoms with Crippen LogP contribution in [0.15, 0.2) is 0 Å². The van der Waals surface area contributed by atoms with Gasteiger partial charge in [-0.15, -0.1) is 0 Å². The Morgan fingerprint density at radius 2 is 0.489 bits per heavy atom. The van der Waals surface area contributed by atoms with E-state index in [1.807, 2.05) is 0 Å². The minimum absolute atomic E-state index is 0.107. The van der Waals surface area contributed by atoms with E-state index in [0.29, 0.717) is 25.7 Å². The van der Waals surface area contributed by atoms with Crippen molar-refractivity contribution in [2.75, 3.05) is 39.6 Å². The fourth-order valence-corrected chi connectivity index (χ4v) is 13.1. The summed E-state index contributed by atoms with van der Waals surface area (Å²) in [6.07, 6.45) is 56.8. The van der Waals surface area contributed by atoms with Crippen molar-refractivity contribution in [2.24, 2.45) is 5.92 Å². The van der Waals surface area contributed by atoms with E-state index in [9.17, 15) is 43.2 Å². The lowest BCUT2D eigenvalue weighted by Crippen LogP contribution is -2.30. The van der Waals surface area contributed by atoms with Crippen molar-refractivity contribution in [3.8, 4) is 0 Å². The largest absolute Gasteiger partial charge is 0.472 e. The predicted octanol–water partition coefficient (Wildman–Crippen LogP) is 22.1. The maximum absolute atomic E-state index is 13.1. The number of carbonyl (C=O) groups excluding carboxylic acids is 4. The number of ether oxygens (including phenoxy) is 4. The molecular weight excluding hydrogens is 1230 g/mol. The van der Waals surface area contributed by atoms with Crippen LogP contribution in [0.4, 0.5) is 0 Å². The van der Waals surface area contributed by atoms with Gasteiger partial charge < -0.3 is 33.8 Å². The molecule has 0 saturated heterocycles. The van der Waals surface area contributed by atoms with E-state index in [1.165, 1.54) is 218 Å². The molecule has 0 saturated carbocycles. The Balaban J connectivity index is 5.24. The zero-order chi connectivity index (χ0) is 69.1. The number of unbranched alkanes of at least 4 members (excludes halogenated alkanes) is 47. The smallest absolute Gasteiger partial charge is 0.462 e. The lowest BCUT2D eigenvalue weighted by Gasteiger charge is -2.21. The van der Waals surface area contributed by atoms with E-state index in [0.717, 1.165) is 95.8 Å². The Hall–Kier alpha value is -1.94. The quantitative estimate of drug-likeness (QED) is 0.0222. The highest BCUT2D eigenvalue weighted by atomic mass is 31.2. The number of phosphoric ester groups is 2. The minimum atomic E-state index is -4.96. The predicted molar refractivity (Wildman–Crippen MR) is 382 cm³/mol. The Labute approximate surface area is 575 Å². The molecule has 0 aromatic carbocycles. The Bertz CT molecular complexity index is 1810. The molecule has 0 amide bonds. The van der Waals surface area contributed by atoms with Gasteiger partial charge in [-0.1, -0.05) is 343 Å². The standard InChI is InChI=1S/C75H146O17P2/c1-6-9-12-15-18-21-24-27-28-29-30-31-33-36-39-46-51-56-61-75(80)91-70(64-85-72(77)58-53-48-43-37-35-32-25-22-19-16-13-10-7-2)66-89-93(81,82)87-62-69(76)63-88-94(83,84)90-67-71(65-86-73(78)59-54-49-44-41-40-42-47-52-57-68(4)5)92-74(79)60-55-50-45-38-34-26-23-20-17-14-11-8-3/h68-71,76H,6-67H2,1-5H3,(H,81,82)(H,83,84)/t69-,70-,71-/m1/s1. The molecule has 0 aromatic heterocycles. The number of phosphoric acid groups is 2. The zero-order valence-corrected chi connectivity index (χ0v) is 62.9. The molecule has 3 N–H and O–H groups in total. The summed E-state index contributed by atoms with van der Waals surface area (Å²) in [7, 11) is -9.91. The second kappa shape index (κ2) is 68.2. The molecule has 17 nitrogen and oxygen atoms in total. The van der Waals surface area contributed by atoms with Gasteiger partial charge in [0.1, 0.15) is 19.3 Å². The first-order valence-corrected chi connectivity index (χ1v) is 42.1. The molecule has 0 aliphatic rings. The van der Waals surface area contributed by atoms with E-state index < -0.39 is 97.5 Å². The van der Waals surface area contributed by atoms with Crippen LogP contribution in [0.3, 0.4) is 0 Å². The summed E-state index contributed by atoms with van der Waals surface area (Å²) in [4.78, 5) is 72.8. The summed E-state index contributed by atoms with van der Waals surface area (Å²) in [6.45, 7) is 7.26. The molecule has 0 bridgehead atoms. The van der Waals surface area contributed by atoms with Gasteiger partial charge in [0, 0.05) is 25.7 Å². The third-order valence-corrected chi connectivity index (χ3v) is 19.4. The molecule has 0 aliphatic carbocycles. The van der Waals surface area contributed by atoms with Crippen molar-refractivity contribution in [1.29, 1.82) is 0 Å². The van der Waals surface area contributed by atoms with Gasteiger partial charge in [-0.25, -0.2) is 9.13 Å². The number of hydrogen-bond acceptors (Lipinski definition) is 15. The van der Waals surface area contributed by atoms with Crippen molar-refractivity contribution in [1.82, 2.24) is 0 Å². The number of hydrogen-bond donors (Lipinski definition) is 3. The molecule has 5 atom stereocenters. The molecular formula is C75H146O17P2. The average molecular weight is 1380 g/mol. The van der Waals surface area contributed by atoms with Crippen LogP contribution in [0.2, 0.25) is 0 Å². The van der Waals surface area contributed by atoms with E-state index in [1.54, 1.807) is 0 Å².